The highest BCUT2D eigenvalue weighted by Gasteiger charge is 2.73. The Morgan fingerprint density at radius 1 is 1.07 bits per heavy atom. The summed E-state index contributed by atoms with van der Waals surface area (Å²) in [6.45, 7) is 3.25. The van der Waals surface area contributed by atoms with E-state index in [1.54, 1.807) is 43.0 Å². The fourth-order valence-corrected chi connectivity index (χ4v) is 9.70. The molecular weight excluding hydrogens is 588 g/mol. The van der Waals surface area contributed by atoms with Gasteiger partial charge in [0.1, 0.15) is 11.9 Å². The lowest BCUT2D eigenvalue weighted by atomic mass is 9.45. The van der Waals surface area contributed by atoms with Crippen molar-refractivity contribution in [1.82, 2.24) is 0 Å². The number of ketones is 1. The lowest BCUT2D eigenvalue weighted by molar-refractivity contribution is -0.204. The zero-order chi connectivity index (χ0) is 31.6. The van der Waals surface area contributed by atoms with Crippen molar-refractivity contribution in [3.05, 3.63) is 77.9 Å². The number of halogens is 2. The van der Waals surface area contributed by atoms with Gasteiger partial charge in [0.25, 0.3) is 0 Å². The highest BCUT2D eigenvalue weighted by Crippen LogP contribution is 2.70. The highest BCUT2D eigenvalue weighted by atomic mass is 32.2. The number of carbonyl (C=O) groups excluding carboxylic acids is 1. The Morgan fingerprint density at radius 3 is 2.41 bits per heavy atom. The Bertz CT molecular complexity index is 1510. The Morgan fingerprint density at radius 2 is 1.75 bits per heavy atom. The maximum atomic E-state index is 17.4. The number of hydrogen-bond donors (Lipinski definition) is 4. The van der Waals surface area contributed by atoms with E-state index in [-0.39, 0.29) is 37.1 Å². The number of aromatic hydroxyl groups is 1. The van der Waals surface area contributed by atoms with Crippen molar-refractivity contribution in [3.63, 3.8) is 0 Å². The van der Waals surface area contributed by atoms with E-state index in [0.29, 0.717) is 11.4 Å². The summed E-state index contributed by atoms with van der Waals surface area (Å²) in [6, 6.07) is 14.2. The first-order valence-corrected chi connectivity index (χ1v) is 15.9. The van der Waals surface area contributed by atoms with Crippen LogP contribution in [0.3, 0.4) is 0 Å². The highest BCUT2D eigenvalue weighted by molar-refractivity contribution is 7.98. The molecule has 0 radical (unpaired) electrons. The third-order valence-corrected chi connectivity index (χ3v) is 12.0. The van der Waals surface area contributed by atoms with Crippen molar-refractivity contribution in [2.75, 3.05) is 11.6 Å². The molecule has 0 bridgehead atoms. The van der Waals surface area contributed by atoms with Crippen LogP contribution in [0.1, 0.15) is 38.7 Å². The number of alkyl halides is 2. The number of phenols is 1. The fraction of sp³-hybridized carbons (Fsp3) is 0.471. The number of rotatable bonds is 7. The van der Waals surface area contributed by atoms with E-state index >= 15 is 8.78 Å². The SMILES string of the molecule is CC12CC(O)C3(F)C(CC(F)C4=CC(=O)C=CC43C)C1CC(CN(O)c1ccc(CSc3ccc(O)cc3)cc1)C2C(=O)O. The normalized spacial score (nSPS) is 37.5. The fourth-order valence-electron chi connectivity index (χ4n) is 8.85. The molecule has 4 aliphatic rings. The van der Waals surface area contributed by atoms with Crippen LogP contribution in [0.25, 0.3) is 0 Å². The van der Waals surface area contributed by atoms with Crippen LogP contribution in [0.4, 0.5) is 14.5 Å². The zero-order valence-electron chi connectivity index (χ0n) is 24.6. The predicted octanol–water partition coefficient (Wildman–Crippen LogP) is 6.13. The van der Waals surface area contributed by atoms with Crippen LogP contribution in [0, 0.1) is 34.5 Å². The van der Waals surface area contributed by atoms with Crippen molar-refractivity contribution < 1.29 is 38.9 Å². The van der Waals surface area contributed by atoms with Crippen LogP contribution in [0.2, 0.25) is 0 Å². The third-order valence-electron chi connectivity index (χ3n) is 11.0. The number of anilines is 1. The van der Waals surface area contributed by atoms with Gasteiger partial charge in [-0.25, -0.2) is 8.78 Å². The second-order valence-electron chi connectivity index (χ2n) is 13.3. The van der Waals surface area contributed by atoms with Crippen LogP contribution in [0.15, 0.2) is 77.2 Å². The maximum Gasteiger partial charge on any atom is 0.307 e. The van der Waals surface area contributed by atoms with E-state index in [2.05, 4.69) is 0 Å². The van der Waals surface area contributed by atoms with E-state index in [1.165, 1.54) is 19.1 Å². The van der Waals surface area contributed by atoms with E-state index in [0.717, 1.165) is 21.6 Å². The molecule has 4 N–H and O–H groups in total. The molecular formula is C34H37F2NO6S. The largest absolute Gasteiger partial charge is 0.508 e. The number of phenolic OH excluding ortho intramolecular Hbond substituents is 1. The number of allylic oxidation sites excluding steroid dienone is 4. The number of aliphatic carboxylic acids is 1. The first kappa shape index (κ1) is 30.8. The lowest BCUT2D eigenvalue weighted by Gasteiger charge is -2.62. The number of hydroxylamine groups is 1. The van der Waals surface area contributed by atoms with Gasteiger partial charge in [-0.2, -0.15) is 0 Å². The van der Waals surface area contributed by atoms with Crippen LogP contribution < -0.4 is 5.06 Å². The number of carboxylic acid groups (broad SMARTS) is 1. The average molecular weight is 626 g/mol. The number of carboxylic acids is 1. The zero-order valence-corrected chi connectivity index (χ0v) is 25.4. The van der Waals surface area contributed by atoms with Gasteiger partial charge < -0.3 is 15.3 Å². The molecule has 4 aliphatic carbocycles. The third kappa shape index (κ3) is 4.77. The second kappa shape index (κ2) is 11.0. The van der Waals surface area contributed by atoms with Crippen LogP contribution in [-0.2, 0) is 15.3 Å². The van der Waals surface area contributed by atoms with Gasteiger partial charge in [0.15, 0.2) is 11.5 Å². The quantitative estimate of drug-likeness (QED) is 0.215. The summed E-state index contributed by atoms with van der Waals surface area (Å²) in [6.07, 6.45) is 0.448. The molecule has 9 atom stereocenters. The molecule has 0 aromatic heterocycles. The van der Waals surface area contributed by atoms with Crippen LogP contribution in [-0.4, -0.2) is 56.8 Å². The molecule has 0 saturated heterocycles. The number of fused-ring (bicyclic) bond motifs is 5. The number of thioether (sulfide) groups is 1. The van der Waals surface area contributed by atoms with Crippen molar-refractivity contribution in [1.29, 1.82) is 0 Å². The van der Waals surface area contributed by atoms with Gasteiger partial charge in [-0.05, 0) is 103 Å². The molecule has 2 aromatic carbocycles. The minimum atomic E-state index is -2.28. The molecule has 9 unspecified atom stereocenters. The molecule has 234 valence electrons. The minimum Gasteiger partial charge on any atom is -0.508 e. The molecule has 0 heterocycles. The minimum absolute atomic E-state index is 0.0252. The summed E-state index contributed by atoms with van der Waals surface area (Å²) >= 11 is 1.60. The second-order valence-corrected chi connectivity index (χ2v) is 14.3. The molecule has 3 saturated carbocycles. The summed E-state index contributed by atoms with van der Waals surface area (Å²) in [5, 5.41) is 43.4. The number of aliphatic hydroxyl groups is 1. The van der Waals surface area contributed by atoms with Gasteiger partial charge in [-0.3, -0.25) is 19.9 Å². The van der Waals surface area contributed by atoms with E-state index in [9.17, 15) is 30.1 Å². The van der Waals surface area contributed by atoms with Crippen molar-refractivity contribution in [2.24, 2.45) is 34.5 Å². The molecule has 0 aliphatic heterocycles. The molecule has 44 heavy (non-hydrogen) atoms. The van der Waals surface area contributed by atoms with Gasteiger partial charge in [0, 0.05) is 28.5 Å². The summed E-state index contributed by atoms with van der Waals surface area (Å²) in [7, 11) is 0. The summed E-state index contributed by atoms with van der Waals surface area (Å²) in [5.41, 5.74) is -3.33. The standard InChI is InChI=1S/C34H37F2NO6S/c1-32-16-29(40)34(36)26(15-28(35)27-14-23(39)11-12-33(27,34)2)25(32)13-20(30(32)31(41)42)17-37(43)21-5-3-19(4-6-21)18-44-24-9-7-22(38)8-10-24/h3-12,14,20,25-26,28-30,38,40,43H,13,15-18H2,1-2H3,(H,41,42). The molecule has 10 heteroatoms. The summed E-state index contributed by atoms with van der Waals surface area (Å²) in [4.78, 5) is 25.8. The molecule has 0 spiro atoms. The Hall–Kier alpha value is -3.21. The smallest absolute Gasteiger partial charge is 0.307 e. The number of nitrogens with zero attached hydrogens (tertiary/aromatic N) is 1. The van der Waals surface area contributed by atoms with E-state index in [4.69, 9.17) is 0 Å². The van der Waals surface area contributed by atoms with Crippen LogP contribution >= 0.6 is 11.8 Å². The lowest BCUT2D eigenvalue weighted by Crippen LogP contribution is -2.68. The van der Waals surface area contributed by atoms with E-state index in [1.807, 2.05) is 24.3 Å². The number of benzene rings is 2. The number of aliphatic hydroxyl groups excluding tert-OH is 1. The van der Waals surface area contributed by atoms with Gasteiger partial charge in [-0.15, -0.1) is 11.8 Å². The molecule has 3 fully saturated rings. The van der Waals surface area contributed by atoms with Crippen molar-refractivity contribution in [2.45, 2.75) is 61.7 Å². The summed E-state index contributed by atoms with van der Waals surface area (Å²) in [5.74, 6) is -3.75. The first-order chi connectivity index (χ1) is 20.8. The predicted molar refractivity (Wildman–Crippen MR) is 162 cm³/mol. The number of carbonyl (C=O) groups is 2. The summed E-state index contributed by atoms with van der Waals surface area (Å²) < 4.78 is 33.1. The van der Waals surface area contributed by atoms with Gasteiger partial charge in [0.05, 0.1) is 17.7 Å². The monoisotopic (exact) mass is 625 g/mol. The van der Waals surface area contributed by atoms with Gasteiger partial charge >= 0.3 is 5.97 Å². The molecule has 7 nitrogen and oxygen atoms in total. The van der Waals surface area contributed by atoms with Crippen LogP contribution in [0.5, 0.6) is 5.75 Å². The molecule has 2 aromatic rings. The first-order valence-electron chi connectivity index (χ1n) is 14.9. The molecule has 0 amide bonds. The maximum absolute atomic E-state index is 17.4. The Kier molecular flexibility index (Phi) is 7.70. The topological polar surface area (TPSA) is 118 Å². The number of hydrogen-bond acceptors (Lipinski definition) is 7. The van der Waals surface area contributed by atoms with Crippen molar-refractivity contribution in [3.8, 4) is 5.75 Å². The molecule has 6 rings (SSSR count). The Labute approximate surface area is 259 Å². The van der Waals surface area contributed by atoms with E-state index < -0.39 is 64.2 Å². The van der Waals surface area contributed by atoms with Crippen molar-refractivity contribution >= 4 is 29.2 Å². The van der Waals surface area contributed by atoms with Gasteiger partial charge in [0.2, 0.25) is 0 Å². The Balaban J connectivity index is 1.22. The van der Waals surface area contributed by atoms with Gasteiger partial charge in [-0.1, -0.05) is 25.1 Å². The average Bonchev–Trinajstić information content (AvgIpc) is 3.26.